The van der Waals surface area contributed by atoms with Gasteiger partial charge in [-0.1, -0.05) is 48.2 Å². The van der Waals surface area contributed by atoms with E-state index < -0.39 is 0 Å². The third-order valence-corrected chi connectivity index (χ3v) is 4.22. The van der Waals surface area contributed by atoms with Gasteiger partial charge in [0.1, 0.15) is 0 Å². The zero-order chi connectivity index (χ0) is 15.9. The Morgan fingerprint density at radius 2 is 2.14 bits per heavy atom. The molecule has 0 bridgehead atoms. The highest BCUT2D eigenvalue weighted by Crippen LogP contribution is 2.26. The van der Waals surface area contributed by atoms with E-state index in [4.69, 9.17) is 0 Å². The first-order valence-electron chi connectivity index (χ1n) is 7.21. The summed E-state index contributed by atoms with van der Waals surface area (Å²) >= 11 is 1.41. The summed E-state index contributed by atoms with van der Waals surface area (Å²) < 4.78 is 2.03. The highest BCUT2D eigenvalue weighted by molar-refractivity contribution is 8.00. The summed E-state index contributed by atoms with van der Waals surface area (Å²) in [7, 11) is 0. The molecule has 2 rings (SSSR count). The van der Waals surface area contributed by atoms with Gasteiger partial charge in [0, 0.05) is 18.7 Å². The van der Waals surface area contributed by atoms with Crippen LogP contribution in [0.15, 0.2) is 48.1 Å². The van der Waals surface area contributed by atoms with Gasteiger partial charge in [0.05, 0.1) is 5.25 Å². The summed E-state index contributed by atoms with van der Waals surface area (Å²) in [5, 5.41) is 11.8. The Bertz CT molecular complexity index is 639. The summed E-state index contributed by atoms with van der Waals surface area (Å²) in [6.07, 6.45) is 1.66. The molecule has 6 heteroatoms. The maximum atomic E-state index is 11.9. The van der Waals surface area contributed by atoms with Gasteiger partial charge in [0.25, 0.3) is 0 Å². The third-order valence-electron chi connectivity index (χ3n) is 3.14. The summed E-state index contributed by atoms with van der Waals surface area (Å²) in [6.45, 7) is 8.72. The number of benzene rings is 1. The summed E-state index contributed by atoms with van der Waals surface area (Å²) in [6, 6.07) is 9.93. The number of hydrogen-bond acceptors (Lipinski definition) is 4. The first kappa shape index (κ1) is 16.3. The van der Waals surface area contributed by atoms with Crippen molar-refractivity contribution in [3.05, 3.63) is 43.0 Å². The van der Waals surface area contributed by atoms with Gasteiger partial charge in [-0.15, -0.1) is 16.8 Å². The van der Waals surface area contributed by atoms with Crippen molar-refractivity contribution in [1.29, 1.82) is 0 Å². The molecular weight excluding hydrogens is 296 g/mol. The minimum atomic E-state index is -0.238. The minimum absolute atomic E-state index is 0.0307. The third kappa shape index (κ3) is 3.76. The van der Waals surface area contributed by atoms with Gasteiger partial charge in [-0.05, 0) is 13.8 Å². The molecule has 0 aliphatic rings. The Balaban J connectivity index is 2.17. The van der Waals surface area contributed by atoms with Crippen LogP contribution >= 0.6 is 11.8 Å². The van der Waals surface area contributed by atoms with Crippen molar-refractivity contribution in [3.8, 4) is 11.4 Å². The van der Waals surface area contributed by atoms with Gasteiger partial charge < -0.3 is 9.88 Å². The summed E-state index contributed by atoms with van der Waals surface area (Å²) in [4.78, 5) is 11.9. The summed E-state index contributed by atoms with van der Waals surface area (Å²) in [5.41, 5.74) is 1.02. The fourth-order valence-electron chi connectivity index (χ4n) is 1.99. The highest BCUT2D eigenvalue weighted by Gasteiger charge is 2.19. The van der Waals surface area contributed by atoms with E-state index in [1.165, 1.54) is 11.8 Å². The van der Waals surface area contributed by atoms with Crippen LogP contribution in [0.3, 0.4) is 0 Å². The number of rotatable bonds is 7. The number of aromatic nitrogens is 3. The van der Waals surface area contributed by atoms with E-state index in [2.05, 4.69) is 22.1 Å². The average Bonchev–Trinajstić information content (AvgIpc) is 2.95. The van der Waals surface area contributed by atoms with E-state index in [0.717, 1.165) is 23.1 Å². The Labute approximate surface area is 134 Å². The van der Waals surface area contributed by atoms with Crippen molar-refractivity contribution >= 4 is 17.7 Å². The van der Waals surface area contributed by atoms with Gasteiger partial charge in [0.15, 0.2) is 11.0 Å². The van der Waals surface area contributed by atoms with Crippen LogP contribution < -0.4 is 5.32 Å². The van der Waals surface area contributed by atoms with Crippen LogP contribution in [0.25, 0.3) is 11.4 Å². The Morgan fingerprint density at radius 3 is 2.77 bits per heavy atom. The van der Waals surface area contributed by atoms with E-state index in [9.17, 15) is 4.79 Å². The molecule has 0 saturated heterocycles. The number of carbonyl (C=O) groups is 1. The largest absolute Gasteiger partial charge is 0.352 e. The average molecular weight is 316 g/mol. The molecule has 0 spiro atoms. The molecule has 0 aliphatic heterocycles. The first-order valence-corrected chi connectivity index (χ1v) is 8.09. The predicted octanol–water partition coefficient (Wildman–Crippen LogP) is 2.75. The molecule has 0 fully saturated rings. The molecule has 0 radical (unpaired) electrons. The van der Waals surface area contributed by atoms with Crippen molar-refractivity contribution in [2.24, 2.45) is 0 Å². The first-order chi connectivity index (χ1) is 10.7. The molecule has 22 heavy (non-hydrogen) atoms. The molecule has 5 nitrogen and oxygen atoms in total. The van der Waals surface area contributed by atoms with Gasteiger partial charge in [-0.3, -0.25) is 4.79 Å². The van der Waals surface area contributed by atoms with Gasteiger partial charge in [-0.25, -0.2) is 0 Å². The van der Waals surface area contributed by atoms with Crippen molar-refractivity contribution in [1.82, 2.24) is 20.1 Å². The lowest BCUT2D eigenvalue weighted by Crippen LogP contribution is -2.31. The topological polar surface area (TPSA) is 59.8 Å². The molecule has 1 amide bonds. The molecule has 1 aromatic carbocycles. The molecule has 1 N–H and O–H groups in total. The molecule has 2 aromatic rings. The molecular formula is C16H20N4OS. The zero-order valence-electron chi connectivity index (χ0n) is 12.8. The molecule has 1 aromatic heterocycles. The second-order valence-corrected chi connectivity index (χ2v) is 6.02. The second kappa shape index (κ2) is 7.79. The van der Waals surface area contributed by atoms with Gasteiger partial charge in [0.2, 0.25) is 5.91 Å². The van der Waals surface area contributed by atoms with E-state index >= 15 is 0 Å². The monoisotopic (exact) mass is 316 g/mol. The zero-order valence-corrected chi connectivity index (χ0v) is 13.6. The Hall–Kier alpha value is -2.08. The van der Waals surface area contributed by atoms with Crippen LogP contribution in [0.5, 0.6) is 0 Å². The van der Waals surface area contributed by atoms with E-state index in [-0.39, 0.29) is 11.2 Å². The number of hydrogen-bond donors (Lipinski definition) is 1. The fourth-order valence-corrected chi connectivity index (χ4v) is 2.93. The quantitative estimate of drug-likeness (QED) is 0.630. The number of thioether (sulfide) groups is 1. The molecule has 0 saturated carbocycles. The van der Waals surface area contributed by atoms with Crippen LogP contribution in [0, 0.1) is 0 Å². The number of nitrogens with one attached hydrogen (secondary N) is 1. The van der Waals surface area contributed by atoms with Crippen molar-refractivity contribution in [2.75, 3.05) is 6.54 Å². The number of amides is 1. The summed E-state index contributed by atoms with van der Waals surface area (Å²) in [5.74, 6) is 0.793. The van der Waals surface area contributed by atoms with Crippen LogP contribution in [-0.4, -0.2) is 32.5 Å². The van der Waals surface area contributed by atoms with Crippen LogP contribution in [-0.2, 0) is 11.3 Å². The molecule has 0 aliphatic carbocycles. The van der Waals surface area contributed by atoms with Crippen molar-refractivity contribution in [3.63, 3.8) is 0 Å². The minimum Gasteiger partial charge on any atom is -0.352 e. The smallest absolute Gasteiger partial charge is 0.233 e. The Kier molecular flexibility index (Phi) is 5.77. The van der Waals surface area contributed by atoms with Crippen molar-refractivity contribution in [2.45, 2.75) is 30.8 Å². The molecule has 1 heterocycles. The van der Waals surface area contributed by atoms with E-state index in [1.54, 1.807) is 6.08 Å². The lowest BCUT2D eigenvalue weighted by atomic mass is 10.2. The van der Waals surface area contributed by atoms with Crippen LogP contribution in [0.4, 0.5) is 0 Å². The van der Waals surface area contributed by atoms with Gasteiger partial charge in [-0.2, -0.15) is 0 Å². The normalized spacial score (nSPS) is 11.9. The SMILES string of the molecule is C=CCNC(=O)[C@H](C)Sc1nnc(-c2ccccc2)n1CC. The van der Waals surface area contributed by atoms with E-state index in [1.807, 2.05) is 48.7 Å². The fraction of sp³-hybridized carbons (Fsp3) is 0.312. The van der Waals surface area contributed by atoms with Gasteiger partial charge >= 0.3 is 0 Å². The maximum Gasteiger partial charge on any atom is 0.233 e. The highest BCUT2D eigenvalue weighted by atomic mass is 32.2. The molecule has 116 valence electrons. The standard InChI is InChI=1S/C16H20N4OS/c1-4-11-17-15(21)12(3)22-16-19-18-14(20(16)5-2)13-9-7-6-8-10-13/h4,6-10,12H,1,5,11H2,2-3H3,(H,17,21)/t12-/m0/s1. The molecule has 0 unspecified atom stereocenters. The van der Waals surface area contributed by atoms with E-state index in [0.29, 0.717) is 6.54 Å². The Morgan fingerprint density at radius 1 is 1.41 bits per heavy atom. The second-order valence-electron chi connectivity index (χ2n) is 4.71. The van der Waals surface area contributed by atoms with Crippen LogP contribution in [0.2, 0.25) is 0 Å². The number of carbonyl (C=O) groups excluding carboxylic acids is 1. The molecule has 1 atom stereocenters. The number of nitrogens with zero attached hydrogens (tertiary/aromatic N) is 3. The van der Waals surface area contributed by atoms with Crippen LogP contribution in [0.1, 0.15) is 13.8 Å². The lowest BCUT2D eigenvalue weighted by Gasteiger charge is -2.12. The van der Waals surface area contributed by atoms with Crippen molar-refractivity contribution < 1.29 is 4.79 Å². The lowest BCUT2D eigenvalue weighted by molar-refractivity contribution is -0.120. The maximum absolute atomic E-state index is 11.9. The predicted molar refractivity (Wildman–Crippen MR) is 89.7 cm³/mol.